The highest BCUT2D eigenvalue weighted by molar-refractivity contribution is 5.22. The number of piperidine rings is 1. The lowest BCUT2D eigenvalue weighted by atomic mass is 9.93. The van der Waals surface area contributed by atoms with E-state index in [9.17, 15) is 4.39 Å². The van der Waals surface area contributed by atoms with Crippen molar-refractivity contribution in [1.29, 1.82) is 0 Å². The van der Waals surface area contributed by atoms with Gasteiger partial charge in [0.1, 0.15) is 5.82 Å². The molecule has 0 amide bonds. The van der Waals surface area contributed by atoms with Crippen LogP contribution < -0.4 is 5.32 Å². The van der Waals surface area contributed by atoms with Crippen LogP contribution in [-0.2, 0) is 0 Å². The molecule has 1 aliphatic heterocycles. The molecule has 80 valence electrons. The fraction of sp³-hybridized carbons (Fsp3) is 0.385. The molecule has 1 aromatic rings. The van der Waals surface area contributed by atoms with Crippen molar-refractivity contribution in [2.75, 3.05) is 0 Å². The molecule has 1 aliphatic rings. The molecule has 2 unspecified atom stereocenters. The molecule has 1 fully saturated rings. The molecule has 0 aromatic heterocycles. The molecule has 0 spiro atoms. The first-order chi connectivity index (χ1) is 7.31. The molecule has 0 aliphatic carbocycles. The summed E-state index contributed by atoms with van der Waals surface area (Å²) in [6.45, 7) is 3.78. The quantitative estimate of drug-likeness (QED) is 0.731. The SMILES string of the molecule is C=CC1CCCC(c2ccccc2F)N1. The Morgan fingerprint density at radius 3 is 2.87 bits per heavy atom. The molecule has 2 heteroatoms. The van der Waals surface area contributed by atoms with Crippen molar-refractivity contribution in [3.63, 3.8) is 0 Å². The van der Waals surface area contributed by atoms with Gasteiger partial charge in [0.2, 0.25) is 0 Å². The minimum Gasteiger partial charge on any atom is -0.304 e. The number of rotatable bonds is 2. The molecular weight excluding hydrogens is 189 g/mol. The summed E-state index contributed by atoms with van der Waals surface area (Å²) in [6.07, 6.45) is 5.15. The first kappa shape index (κ1) is 10.4. The molecule has 2 rings (SSSR count). The Labute approximate surface area is 90.0 Å². The second-order valence-electron chi connectivity index (χ2n) is 4.01. The Morgan fingerprint density at radius 1 is 1.33 bits per heavy atom. The van der Waals surface area contributed by atoms with E-state index in [1.54, 1.807) is 6.07 Å². The monoisotopic (exact) mass is 205 g/mol. The van der Waals surface area contributed by atoms with E-state index in [4.69, 9.17) is 0 Å². The summed E-state index contributed by atoms with van der Waals surface area (Å²) in [4.78, 5) is 0. The van der Waals surface area contributed by atoms with Crippen LogP contribution in [0, 0.1) is 5.82 Å². The molecule has 0 bridgehead atoms. The van der Waals surface area contributed by atoms with Crippen molar-refractivity contribution in [3.8, 4) is 0 Å². The molecule has 1 saturated heterocycles. The second-order valence-corrected chi connectivity index (χ2v) is 4.01. The van der Waals surface area contributed by atoms with Gasteiger partial charge in [0.05, 0.1) is 0 Å². The van der Waals surface area contributed by atoms with Crippen LogP contribution in [0.25, 0.3) is 0 Å². The third-order valence-electron chi connectivity index (χ3n) is 2.99. The van der Waals surface area contributed by atoms with Crippen LogP contribution in [0.3, 0.4) is 0 Å². The molecule has 1 aromatic carbocycles. The number of benzene rings is 1. The Kier molecular flexibility index (Phi) is 3.17. The minimum atomic E-state index is -0.111. The van der Waals surface area contributed by atoms with Crippen molar-refractivity contribution < 1.29 is 4.39 Å². The van der Waals surface area contributed by atoms with Gasteiger partial charge in [0.25, 0.3) is 0 Å². The van der Waals surface area contributed by atoms with Crippen molar-refractivity contribution in [3.05, 3.63) is 48.3 Å². The van der Waals surface area contributed by atoms with E-state index in [0.717, 1.165) is 24.8 Å². The van der Waals surface area contributed by atoms with Gasteiger partial charge in [0.15, 0.2) is 0 Å². The van der Waals surface area contributed by atoms with Crippen LogP contribution in [0.2, 0.25) is 0 Å². The van der Waals surface area contributed by atoms with E-state index in [2.05, 4.69) is 11.9 Å². The Balaban J connectivity index is 2.16. The molecule has 1 N–H and O–H groups in total. The van der Waals surface area contributed by atoms with E-state index < -0.39 is 0 Å². The lowest BCUT2D eigenvalue weighted by Crippen LogP contribution is -2.35. The van der Waals surface area contributed by atoms with Crippen LogP contribution in [0.5, 0.6) is 0 Å². The summed E-state index contributed by atoms with van der Waals surface area (Å²) in [7, 11) is 0. The minimum absolute atomic E-state index is 0.111. The predicted octanol–water partition coefficient (Wildman–Crippen LogP) is 3.19. The maximum Gasteiger partial charge on any atom is 0.127 e. The second kappa shape index (κ2) is 4.58. The van der Waals surface area contributed by atoms with Crippen molar-refractivity contribution in [2.24, 2.45) is 0 Å². The maximum atomic E-state index is 13.5. The van der Waals surface area contributed by atoms with Crippen LogP contribution in [-0.4, -0.2) is 6.04 Å². The molecule has 15 heavy (non-hydrogen) atoms. The molecule has 1 nitrogen and oxygen atoms in total. The summed E-state index contributed by atoms with van der Waals surface area (Å²) >= 11 is 0. The fourth-order valence-electron chi connectivity index (χ4n) is 2.16. The first-order valence-electron chi connectivity index (χ1n) is 5.44. The zero-order chi connectivity index (χ0) is 10.7. The Hall–Kier alpha value is -1.15. The zero-order valence-corrected chi connectivity index (χ0v) is 8.75. The van der Waals surface area contributed by atoms with Gasteiger partial charge in [-0.05, 0) is 25.3 Å². The Bertz CT molecular complexity index is 348. The third kappa shape index (κ3) is 2.26. The summed E-state index contributed by atoms with van der Waals surface area (Å²) in [5.74, 6) is -0.111. The van der Waals surface area contributed by atoms with Gasteiger partial charge >= 0.3 is 0 Å². The van der Waals surface area contributed by atoms with Crippen LogP contribution >= 0.6 is 0 Å². The molecule has 0 saturated carbocycles. The van der Waals surface area contributed by atoms with E-state index in [0.29, 0.717) is 6.04 Å². The van der Waals surface area contributed by atoms with Gasteiger partial charge in [-0.25, -0.2) is 4.39 Å². The normalized spacial score (nSPS) is 26.2. The van der Waals surface area contributed by atoms with E-state index >= 15 is 0 Å². The van der Waals surface area contributed by atoms with E-state index in [1.165, 1.54) is 6.07 Å². The zero-order valence-electron chi connectivity index (χ0n) is 8.75. The summed E-state index contributed by atoms with van der Waals surface area (Å²) in [5, 5.41) is 3.40. The Morgan fingerprint density at radius 2 is 2.13 bits per heavy atom. The average molecular weight is 205 g/mol. The van der Waals surface area contributed by atoms with E-state index in [-0.39, 0.29) is 11.9 Å². The van der Waals surface area contributed by atoms with Gasteiger partial charge in [-0.1, -0.05) is 24.3 Å². The standard InChI is InChI=1S/C13H16FN/c1-2-10-6-5-9-13(15-10)11-7-3-4-8-12(11)14/h2-4,7-8,10,13,15H,1,5-6,9H2. The number of hydrogen-bond acceptors (Lipinski definition) is 1. The van der Waals surface area contributed by atoms with Crippen molar-refractivity contribution in [1.82, 2.24) is 5.32 Å². The largest absolute Gasteiger partial charge is 0.304 e. The smallest absolute Gasteiger partial charge is 0.127 e. The summed E-state index contributed by atoms with van der Waals surface area (Å²) in [5.41, 5.74) is 0.782. The summed E-state index contributed by atoms with van der Waals surface area (Å²) < 4.78 is 13.5. The lowest BCUT2D eigenvalue weighted by Gasteiger charge is -2.29. The van der Waals surface area contributed by atoms with Gasteiger partial charge in [0, 0.05) is 17.6 Å². The van der Waals surface area contributed by atoms with Gasteiger partial charge in [-0.2, -0.15) is 0 Å². The van der Waals surface area contributed by atoms with E-state index in [1.807, 2.05) is 18.2 Å². The molecule has 1 heterocycles. The van der Waals surface area contributed by atoms with Gasteiger partial charge in [-0.3, -0.25) is 0 Å². The maximum absolute atomic E-state index is 13.5. The highest BCUT2D eigenvalue weighted by atomic mass is 19.1. The van der Waals surface area contributed by atoms with Crippen LogP contribution in [0.4, 0.5) is 4.39 Å². The van der Waals surface area contributed by atoms with Crippen LogP contribution in [0.1, 0.15) is 30.9 Å². The number of nitrogens with one attached hydrogen (secondary N) is 1. The van der Waals surface area contributed by atoms with Gasteiger partial charge < -0.3 is 5.32 Å². The molecule has 0 radical (unpaired) electrons. The topological polar surface area (TPSA) is 12.0 Å². The lowest BCUT2D eigenvalue weighted by molar-refractivity contribution is 0.355. The first-order valence-corrected chi connectivity index (χ1v) is 5.44. The number of halogens is 1. The number of hydrogen-bond donors (Lipinski definition) is 1. The third-order valence-corrected chi connectivity index (χ3v) is 2.99. The van der Waals surface area contributed by atoms with Crippen LogP contribution in [0.15, 0.2) is 36.9 Å². The van der Waals surface area contributed by atoms with Crippen molar-refractivity contribution in [2.45, 2.75) is 31.3 Å². The average Bonchev–Trinajstić information content (AvgIpc) is 2.30. The van der Waals surface area contributed by atoms with Crippen molar-refractivity contribution >= 4 is 0 Å². The highest BCUT2D eigenvalue weighted by Gasteiger charge is 2.21. The predicted molar refractivity (Wildman–Crippen MR) is 60.1 cm³/mol. The molecule has 2 atom stereocenters. The molecular formula is C13H16FN. The van der Waals surface area contributed by atoms with Gasteiger partial charge in [-0.15, -0.1) is 6.58 Å². The summed E-state index contributed by atoms with van der Waals surface area (Å²) in [6, 6.07) is 7.46. The fourth-order valence-corrected chi connectivity index (χ4v) is 2.16. The highest BCUT2D eigenvalue weighted by Crippen LogP contribution is 2.27.